The van der Waals surface area contributed by atoms with Crippen LogP contribution in [0.15, 0.2) is 30.6 Å². The first-order valence-corrected chi connectivity index (χ1v) is 6.33. The van der Waals surface area contributed by atoms with Crippen molar-refractivity contribution in [2.45, 2.75) is 19.6 Å². The molecular weight excluding hydrogens is 288 g/mol. The van der Waals surface area contributed by atoms with E-state index in [1.807, 2.05) is 24.7 Å². The molecule has 0 bridgehead atoms. The second-order valence-electron chi connectivity index (χ2n) is 4.29. The van der Waals surface area contributed by atoms with Gasteiger partial charge in [-0.25, -0.2) is 4.98 Å². The van der Waals surface area contributed by atoms with Crippen LogP contribution >= 0.6 is 11.6 Å². The molecule has 0 aliphatic carbocycles. The molecule has 0 aliphatic rings. The number of halogens is 3. The van der Waals surface area contributed by atoms with Crippen LogP contribution in [0.1, 0.15) is 18.8 Å². The van der Waals surface area contributed by atoms with Gasteiger partial charge in [-0.3, -0.25) is 0 Å². The molecule has 0 saturated heterocycles. The number of aryl methyl sites for hydroxylation is 1. The van der Waals surface area contributed by atoms with E-state index in [0.29, 0.717) is 5.69 Å². The molecule has 0 spiro atoms. The summed E-state index contributed by atoms with van der Waals surface area (Å²) in [7, 11) is 1.90. The van der Waals surface area contributed by atoms with Crippen LogP contribution in [-0.4, -0.2) is 16.2 Å². The van der Waals surface area contributed by atoms with Gasteiger partial charge in [-0.2, -0.15) is 8.78 Å². The summed E-state index contributed by atoms with van der Waals surface area (Å²) in [5.41, 5.74) is 0.701. The molecule has 0 amide bonds. The molecule has 20 heavy (non-hydrogen) atoms. The van der Waals surface area contributed by atoms with Gasteiger partial charge in [0.15, 0.2) is 0 Å². The summed E-state index contributed by atoms with van der Waals surface area (Å²) in [4.78, 5) is 4.23. The molecule has 0 saturated carbocycles. The zero-order valence-electron chi connectivity index (χ0n) is 11.0. The van der Waals surface area contributed by atoms with E-state index in [4.69, 9.17) is 11.6 Å². The quantitative estimate of drug-likeness (QED) is 0.912. The van der Waals surface area contributed by atoms with Crippen molar-refractivity contribution in [1.29, 1.82) is 0 Å². The minimum absolute atomic E-state index is 0.0446. The standard InChI is InChI=1S/C13H14ClF2N3O/c1-8(12-17-5-6-19(12)2)18-9-3-4-11(10(14)7-9)20-13(15)16/h3-8,13,18H,1-2H3. The summed E-state index contributed by atoms with van der Waals surface area (Å²) in [5, 5.41) is 3.32. The van der Waals surface area contributed by atoms with Crippen LogP contribution in [-0.2, 0) is 7.05 Å². The monoisotopic (exact) mass is 301 g/mol. The average Bonchev–Trinajstić information content (AvgIpc) is 2.78. The van der Waals surface area contributed by atoms with E-state index < -0.39 is 6.61 Å². The molecule has 1 aromatic carbocycles. The molecule has 4 nitrogen and oxygen atoms in total. The number of nitrogens with one attached hydrogen (secondary N) is 1. The van der Waals surface area contributed by atoms with Crippen molar-refractivity contribution in [3.8, 4) is 5.75 Å². The van der Waals surface area contributed by atoms with Gasteiger partial charge < -0.3 is 14.6 Å². The van der Waals surface area contributed by atoms with Crippen molar-refractivity contribution in [2.75, 3.05) is 5.32 Å². The van der Waals surface area contributed by atoms with Gasteiger partial charge in [-0.1, -0.05) is 11.6 Å². The first-order valence-electron chi connectivity index (χ1n) is 5.95. The second-order valence-corrected chi connectivity index (χ2v) is 4.69. The van der Waals surface area contributed by atoms with E-state index in [1.165, 1.54) is 6.07 Å². The summed E-state index contributed by atoms with van der Waals surface area (Å²) in [5.74, 6) is 0.811. The van der Waals surface area contributed by atoms with E-state index >= 15 is 0 Å². The fourth-order valence-corrected chi connectivity index (χ4v) is 2.12. The molecule has 1 atom stereocenters. The third kappa shape index (κ3) is 3.39. The minimum Gasteiger partial charge on any atom is -0.433 e. The number of hydrogen-bond acceptors (Lipinski definition) is 3. The topological polar surface area (TPSA) is 39.1 Å². The first-order chi connectivity index (χ1) is 9.47. The van der Waals surface area contributed by atoms with Gasteiger partial charge in [0.1, 0.15) is 11.6 Å². The van der Waals surface area contributed by atoms with Crippen molar-refractivity contribution >= 4 is 17.3 Å². The third-order valence-corrected chi connectivity index (χ3v) is 3.07. The summed E-state index contributed by atoms with van der Waals surface area (Å²) >= 11 is 5.89. The predicted molar refractivity (Wildman–Crippen MR) is 73.3 cm³/mol. The van der Waals surface area contributed by atoms with Crippen molar-refractivity contribution in [3.05, 3.63) is 41.4 Å². The minimum atomic E-state index is -2.89. The van der Waals surface area contributed by atoms with E-state index in [-0.39, 0.29) is 16.8 Å². The van der Waals surface area contributed by atoms with E-state index in [0.717, 1.165) is 5.82 Å². The number of benzene rings is 1. The molecule has 7 heteroatoms. The van der Waals surface area contributed by atoms with Crippen LogP contribution in [0.25, 0.3) is 0 Å². The lowest BCUT2D eigenvalue weighted by Gasteiger charge is -2.16. The van der Waals surface area contributed by atoms with Gasteiger partial charge in [-0.05, 0) is 25.1 Å². The summed E-state index contributed by atoms with van der Waals surface area (Å²) in [6.45, 7) is -0.947. The van der Waals surface area contributed by atoms with Crippen molar-refractivity contribution in [1.82, 2.24) is 9.55 Å². The molecule has 2 rings (SSSR count). The summed E-state index contributed by atoms with van der Waals surface area (Å²) < 4.78 is 30.5. The molecule has 1 unspecified atom stereocenters. The average molecular weight is 302 g/mol. The molecule has 108 valence electrons. The van der Waals surface area contributed by atoms with Gasteiger partial charge >= 0.3 is 6.61 Å². The van der Waals surface area contributed by atoms with Gasteiger partial charge in [0.05, 0.1) is 11.1 Å². The highest BCUT2D eigenvalue weighted by atomic mass is 35.5. The number of alkyl halides is 2. The zero-order valence-corrected chi connectivity index (χ0v) is 11.7. The summed E-state index contributed by atoms with van der Waals surface area (Å²) in [6, 6.07) is 4.52. The molecule has 0 radical (unpaired) electrons. The number of anilines is 1. The fraction of sp³-hybridized carbons (Fsp3) is 0.308. The molecule has 1 aromatic heterocycles. The molecule has 2 aromatic rings. The lowest BCUT2D eigenvalue weighted by atomic mass is 10.2. The van der Waals surface area contributed by atoms with Crippen LogP contribution in [0.4, 0.5) is 14.5 Å². The van der Waals surface area contributed by atoms with E-state index in [1.54, 1.807) is 18.3 Å². The first kappa shape index (κ1) is 14.6. The predicted octanol–water partition coefficient (Wildman–Crippen LogP) is 3.85. The Morgan fingerprint density at radius 2 is 2.15 bits per heavy atom. The summed E-state index contributed by atoms with van der Waals surface area (Å²) in [6.07, 6.45) is 3.56. The lowest BCUT2D eigenvalue weighted by Crippen LogP contribution is -2.12. The van der Waals surface area contributed by atoms with Gasteiger partial charge in [0, 0.05) is 25.1 Å². The fourth-order valence-electron chi connectivity index (χ4n) is 1.89. The van der Waals surface area contributed by atoms with Crippen molar-refractivity contribution in [3.63, 3.8) is 0 Å². The molecule has 1 N–H and O–H groups in total. The smallest absolute Gasteiger partial charge is 0.387 e. The Kier molecular flexibility index (Phi) is 4.44. The van der Waals surface area contributed by atoms with Crippen molar-refractivity contribution < 1.29 is 13.5 Å². The molecule has 1 heterocycles. The highest BCUT2D eigenvalue weighted by Crippen LogP contribution is 2.30. The Morgan fingerprint density at radius 1 is 1.40 bits per heavy atom. The normalized spacial score (nSPS) is 12.5. The maximum Gasteiger partial charge on any atom is 0.387 e. The molecule has 0 aliphatic heterocycles. The van der Waals surface area contributed by atoms with Crippen LogP contribution in [0, 0.1) is 0 Å². The van der Waals surface area contributed by atoms with Crippen LogP contribution < -0.4 is 10.1 Å². The third-order valence-electron chi connectivity index (χ3n) is 2.78. The van der Waals surface area contributed by atoms with Crippen LogP contribution in [0.5, 0.6) is 5.75 Å². The van der Waals surface area contributed by atoms with Crippen LogP contribution in [0.3, 0.4) is 0 Å². The van der Waals surface area contributed by atoms with Gasteiger partial charge in [0.25, 0.3) is 0 Å². The number of rotatable bonds is 5. The largest absolute Gasteiger partial charge is 0.433 e. The highest BCUT2D eigenvalue weighted by molar-refractivity contribution is 6.32. The van der Waals surface area contributed by atoms with E-state index in [2.05, 4.69) is 15.0 Å². The number of ether oxygens (including phenoxy) is 1. The maximum atomic E-state index is 12.1. The Balaban J connectivity index is 2.11. The Morgan fingerprint density at radius 3 is 2.70 bits per heavy atom. The van der Waals surface area contributed by atoms with Crippen LogP contribution in [0.2, 0.25) is 5.02 Å². The lowest BCUT2D eigenvalue weighted by molar-refractivity contribution is -0.0497. The Bertz CT molecular complexity index is 589. The molecular formula is C13H14ClF2N3O. The number of aromatic nitrogens is 2. The number of hydrogen-bond donors (Lipinski definition) is 1. The highest BCUT2D eigenvalue weighted by Gasteiger charge is 2.12. The zero-order chi connectivity index (χ0) is 14.7. The second kappa shape index (κ2) is 6.09. The van der Waals surface area contributed by atoms with Gasteiger partial charge in [0.2, 0.25) is 0 Å². The SMILES string of the molecule is CC(Nc1ccc(OC(F)F)c(Cl)c1)c1nccn1C. The number of nitrogens with zero attached hydrogens (tertiary/aromatic N) is 2. The molecule has 0 fully saturated rings. The van der Waals surface area contributed by atoms with Gasteiger partial charge in [-0.15, -0.1) is 0 Å². The Labute approximate surface area is 120 Å². The maximum absolute atomic E-state index is 12.1. The van der Waals surface area contributed by atoms with E-state index in [9.17, 15) is 8.78 Å². The van der Waals surface area contributed by atoms with Crippen molar-refractivity contribution in [2.24, 2.45) is 7.05 Å². The number of imidazole rings is 1. The Hall–Kier alpha value is -1.82.